The van der Waals surface area contributed by atoms with Gasteiger partial charge in [-0.1, -0.05) is 39.7 Å². The lowest BCUT2D eigenvalue weighted by Gasteiger charge is -2.05. The number of aliphatic carboxylic acids is 1. The fourth-order valence-corrected chi connectivity index (χ4v) is 1.14. The van der Waals surface area contributed by atoms with Crippen molar-refractivity contribution in [3.8, 4) is 0 Å². The maximum atomic E-state index is 9.83. The minimum Gasteiger partial charge on any atom is -0.478 e. The lowest BCUT2D eigenvalue weighted by molar-refractivity contribution is -0.132. The van der Waals surface area contributed by atoms with Crippen LogP contribution >= 0.6 is 0 Å². The van der Waals surface area contributed by atoms with Crippen molar-refractivity contribution in [3.05, 3.63) is 17.1 Å². The zero-order valence-corrected chi connectivity index (χ0v) is 11.6. The van der Waals surface area contributed by atoms with Gasteiger partial charge in [-0.15, -0.1) is 4.91 Å². The van der Waals surface area contributed by atoms with Gasteiger partial charge in [0.1, 0.15) is 6.10 Å². The summed E-state index contributed by atoms with van der Waals surface area (Å²) in [5.41, 5.74) is 0.264. The van der Waals surface area contributed by atoms with E-state index in [-0.39, 0.29) is 11.7 Å². The van der Waals surface area contributed by atoms with Gasteiger partial charge in [0.2, 0.25) is 0 Å². The summed E-state index contributed by atoms with van der Waals surface area (Å²) in [6.07, 6.45) is 6.31. The minimum atomic E-state index is -0.900. The van der Waals surface area contributed by atoms with Crippen LogP contribution in [0, 0.1) is 4.91 Å². The largest absolute Gasteiger partial charge is 0.478 e. The maximum absolute atomic E-state index is 9.83. The number of carboxylic acid groups (broad SMARTS) is 1. The van der Waals surface area contributed by atoms with Crippen LogP contribution in [0.2, 0.25) is 0 Å². The second kappa shape index (κ2) is 13.7. The van der Waals surface area contributed by atoms with E-state index in [0.29, 0.717) is 6.42 Å². The summed E-state index contributed by atoms with van der Waals surface area (Å²) in [4.78, 5) is 24.0. The quantitative estimate of drug-likeness (QED) is 0.293. The number of hydrogen-bond donors (Lipinski definition) is 1. The van der Waals surface area contributed by atoms with Gasteiger partial charge < -0.3 is 9.94 Å². The summed E-state index contributed by atoms with van der Waals surface area (Å²) < 4.78 is 0. The number of unbranched alkanes of at least 4 members (excludes halogenated alkanes) is 3. The number of nitrogens with zero attached hydrogens (tertiary/aromatic N) is 1. The van der Waals surface area contributed by atoms with E-state index in [4.69, 9.17) is 5.11 Å². The predicted octanol–water partition coefficient (Wildman–Crippen LogP) is 4.08. The second-order valence-corrected chi connectivity index (χ2v) is 4.10. The molecule has 1 atom stereocenters. The summed E-state index contributed by atoms with van der Waals surface area (Å²) >= 11 is 0. The SMILES string of the molecule is C=C(CC)C(=O)O.CCCCCCC(C)ON=O. The Balaban J connectivity index is 0. The van der Waals surface area contributed by atoms with Crippen molar-refractivity contribution in [1.82, 2.24) is 0 Å². The molecule has 1 N–H and O–H groups in total. The van der Waals surface area contributed by atoms with Crippen molar-refractivity contribution in [2.45, 2.75) is 65.4 Å². The molecule has 5 heteroatoms. The van der Waals surface area contributed by atoms with Crippen LogP contribution in [-0.4, -0.2) is 17.2 Å². The molecule has 0 bridgehead atoms. The number of hydrogen-bond acceptors (Lipinski definition) is 4. The molecule has 0 aromatic carbocycles. The fourth-order valence-electron chi connectivity index (χ4n) is 1.14. The van der Waals surface area contributed by atoms with Crippen molar-refractivity contribution in [2.75, 3.05) is 0 Å². The number of rotatable bonds is 9. The van der Waals surface area contributed by atoms with Gasteiger partial charge in [0, 0.05) is 5.57 Å². The molecule has 18 heavy (non-hydrogen) atoms. The third-order valence-electron chi connectivity index (χ3n) is 2.42. The first kappa shape index (κ1) is 19.0. The van der Waals surface area contributed by atoms with Crippen molar-refractivity contribution < 1.29 is 14.7 Å². The van der Waals surface area contributed by atoms with Gasteiger partial charge in [-0.25, -0.2) is 4.79 Å². The van der Waals surface area contributed by atoms with Crippen LogP contribution in [-0.2, 0) is 9.63 Å². The highest BCUT2D eigenvalue weighted by Gasteiger charge is 2.01. The molecule has 0 aliphatic carbocycles. The molecule has 1 unspecified atom stereocenters. The van der Waals surface area contributed by atoms with Crippen LogP contribution in [0.4, 0.5) is 0 Å². The maximum Gasteiger partial charge on any atom is 0.330 e. The van der Waals surface area contributed by atoms with E-state index in [9.17, 15) is 9.70 Å². The van der Waals surface area contributed by atoms with Gasteiger partial charge in [0.25, 0.3) is 0 Å². The molecule has 0 aromatic heterocycles. The third-order valence-corrected chi connectivity index (χ3v) is 2.42. The van der Waals surface area contributed by atoms with Crippen LogP contribution < -0.4 is 0 Å². The van der Waals surface area contributed by atoms with Crippen LogP contribution in [0.25, 0.3) is 0 Å². The smallest absolute Gasteiger partial charge is 0.330 e. The molecule has 0 aromatic rings. The average molecular weight is 259 g/mol. The standard InChI is InChI=1S/C8H17NO2.C5H8O2/c1-3-4-5-6-7-8(2)11-9-10;1-3-4(2)5(6)7/h8H,3-7H2,1-2H3;2-3H2,1H3,(H,6,7). The molecule has 0 rings (SSSR count). The molecule has 5 nitrogen and oxygen atoms in total. The molecule has 0 aliphatic rings. The van der Waals surface area contributed by atoms with Crippen LogP contribution in [0.3, 0.4) is 0 Å². The van der Waals surface area contributed by atoms with E-state index in [1.165, 1.54) is 19.3 Å². The second-order valence-electron chi connectivity index (χ2n) is 4.10. The van der Waals surface area contributed by atoms with Crippen molar-refractivity contribution in [3.63, 3.8) is 0 Å². The Morgan fingerprint density at radius 3 is 2.28 bits per heavy atom. The molecule has 0 radical (unpaired) electrons. The molecule has 0 amide bonds. The first-order chi connectivity index (χ1) is 8.49. The normalized spacial score (nSPS) is 10.8. The Kier molecular flexibility index (Phi) is 14.4. The molecule has 0 aliphatic heterocycles. The lowest BCUT2D eigenvalue weighted by atomic mass is 10.1. The molecular formula is C13H25NO4. The van der Waals surface area contributed by atoms with Crippen molar-refractivity contribution >= 4 is 5.97 Å². The Morgan fingerprint density at radius 1 is 1.33 bits per heavy atom. The molecule has 0 saturated heterocycles. The van der Waals surface area contributed by atoms with E-state index in [1.54, 1.807) is 6.92 Å². The lowest BCUT2D eigenvalue weighted by Crippen LogP contribution is -2.02. The Morgan fingerprint density at radius 2 is 1.94 bits per heavy atom. The molecule has 0 spiro atoms. The highest BCUT2D eigenvalue weighted by atomic mass is 16.7. The van der Waals surface area contributed by atoms with Crippen molar-refractivity contribution in [2.24, 2.45) is 5.34 Å². The van der Waals surface area contributed by atoms with Gasteiger partial charge in [-0.05, 0) is 26.2 Å². The number of carbonyl (C=O) groups is 1. The van der Waals surface area contributed by atoms with E-state index < -0.39 is 5.97 Å². The monoisotopic (exact) mass is 259 g/mol. The van der Waals surface area contributed by atoms with E-state index in [1.807, 2.05) is 6.92 Å². The van der Waals surface area contributed by atoms with Gasteiger partial charge in [-0.2, -0.15) is 0 Å². The summed E-state index contributed by atoms with van der Waals surface area (Å²) in [5, 5.41) is 10.5. The van der Waals surface area contributed by atoms with Gasteiger partial charge >= 0.3 is 5.97 Å². The summed E-state index contributed by atoms with van der Waals surface area (Å²) in [6, 6.07) is 0. The number of carboxylic acids is 1. The zero-order valence-electron chi connectivity index (χ0n) is 11.6. The topological polar surface area (TPSA) is 76.0 Å². The molecule has 0 fully saturated rings. The summed E-state index contributed by atoms with van der Waals surface area (Å²) in [6.45, 7) is 9.08. The average Bonchev–Trinajstić information content (AvgIpc) is 2.34. The molecule has 0 saturated carbocycles. The third kappa shape index (κ3) is 14.6. The summed E-state index contributed by atoms with van der Waals surface area (Å²) in [5.74, 6) is -0.900. The van der Waals surface area contributed by atoms with Gasteiger partial charge in [0.15, 0.2) is 5.34 Å². The van der Waals surface area contributed by atoms with Gasteiger partial charge in [0.05, 0.1) is 0 Å². The van der Waals surface area contributed by atoms with Crippen LogP contribution in [0.15, 0.2) is 17.5 Å². The van der Waals surface area contributed by atoms with Crippen molar-refractivity contribution in [1.29, 1.82) is 0 Å². The Hall–Kier alpha value is -1.39. The zero-order chi connectivity index (χ0) is 14.4. The predicted molar refractivity (Wildman–Crippen MR) is 72.2 cm³/mol. The van der Waals surface area contributed by atoms with E-state index in [0.717, 1.165) is 12.8 Å². The first-order valence-electron chi connectivity index (χ1n) is 6.39. The van der Waals surface area contributed by atoms with E-state index >= 15 is 0 Å². The molecule has 0 heterocycles. The molecule has 106 valence electrons. The Labute approximate surface area is 109 Å². The van der Waals surface area contributed by atoms with Gasteiger partial charge in [-0.3, -0.25) is 0 Å². The van der Waals surface area contributed by atoms with Crippen LogP contribution in [0.1, 0.15) is 59.3 Å². The fraction of sp³-hybridized carbons (Fsp3) is 0.769. The highest BCUT2D eigenvalue weighted by Crippen LogP contribution is 2.07. The van der Waals surface area contributed by atoms with Crippen LogP contribution in [0.5, 0.6) is 0 Å². The first-order valence-corrected chi connectivity index (χ1v) is 6.39. The van der Waals surface area contributed by atoms with E-state index in [2.05, 4.69) is 23.7 Å². The Bertz CT molecular complexity index is 241. The summed E-state index contributed by atoms with van der Waals surface area (Å²) in [7, 11) is 0. The minimum absolute atomic E-state index is 0.00986. The highest BCUT2D eigenvalue weighted by molar-refractivity contribution is 5.85. The molecular weight excluding hydrogens is 234 g/mol.